The maximum atomic E-state index is 13.0. The van der Waals surface area contributed by atoms with E-state index in [4.69, 9.17) is 15.2 Å². The Labute approximate surface area is 202 Å². The van der Waals surface area contributed by atoms with Crippen molar-refractivity contribution in [1.29, 1.82) is 0 Å². The van der Waals surface area contributed by atoms with Crippen LogP contribution in [0.25, 0.3) is 11.0 Å². The van der Waals surface area contributed by atoms with Gasteiger partial charge in [-0.3, -0.25) is 14.6 Å². The molecule has 0 saturated heterocycles. The Kier molecular flexibility index (Phi) is 6.37. The van der Waals surface area contributed by atoms with E-state index in [2.05, 4.69) is 25.9 Å². The van der Waals surface area contributed by atoms with Gasteiger partial charge in [0.05, 0.1) is 29.7 Å². The predicted molar refractivity (Wildman–Crippen MR) is 132 cm³/mol. The molecule has 0 radical (unpaired) electrons. The lowest BCUT2D eigenvalue weighted by Gasteiger charge is -2.29. The van der Waals surface area contributed by atoms with Crippen LogP contribution in [0.1, 0.15) is 31.2 Å². The largest absolute Gasteiger partial charge is 0.481 e. The molecule has 3 heterocycles. The molecule has 1 aromatic carbocycles. The number of pyridine rings is 2. The number of anilines is 3. The molecule has 5 rings (SSSR count). The minimum absolute atomic E-state index is 0.00114. The van der Waals surface area contributed by atoms with Crippen LogP contribution in [-0.2, 0) is 16.1 Å². The first-order valence-corrected chi connectivity index (χ1v) is 11.7. The highest BCUT2D eigenvalue weighted by atomic mass is 16.5. The van der Waals surface area contributed by atoms with Gasteiger partial charge in [0.1, 0.15) is 5.52 Å². The summed E-state index contributed by atoms with van der Waals surface area (Å²) in [6.07, 6.45) is 5.03. The van der Waals surface area contributed by atoms with Crippen LogP contribution in [0.4, 0.5) is 17.1 Å². The number of methoxy groups -OCH3 is 1. The molecule has 1 fully saturated rings. The molecule has 0 unspecified atom stereocenters. The monoisotopic (exact) mass is 476 g/mol. The molecule has 0 atom stereocenters. The minimum Gasteiger partial charge on any atom is -0.481 e. The van der Waals surface area contributed by atoms with E-state index < -0.39 is 0 Å². The third kappa shape index (κ3) is 4.97. The fraction of sp³-hybridized carbons (Fsp3) is 0.360. The lowest BCUT2D eigenvalue weighted by molar-refractivity contribution is -0.121. The number of hydrogen-bond donors (Lipinski definition) is 4. The molecule has 0 bridgehead atoms. The zero-order valence-electron chi connectivity index (χ0n) is 19.5. The Bertz CT molecular complexity index is 1270. The molecule has 2 aliphatic rings. The molecule has 35 heavy (non-hydrogen) atoms. The number of rotatable bonds is 6. The number of hydrogen-bond acceptors (Lipinski definition) is 8. The third-order valence-corrected chi connectivity index (χ3v) is 6.52. The number of amides is 2. The summed E-state index contributed by atoms with van der Waals surface area (Å²) in [6, 6.07) is 9.39. The number of carbonyl (C=O) groups excluding carboxylic acids is 2. The van der Waals surface area contributed by atoms with E-state index in [9.17, 15) is 9.59 Å². The van der Waals surface area contributed by atoms with Crippen LogP contribution in [0.3, 0.4) is 0 Å². The zero-order valence-corrected chi connectivity index (χ0v) is 19.5. The molecule has 5 N–H and O–H groups in total. The zero-order chi connectivity index (χ0) is 24.4. The number of nitrogens with two attached hydrogens (primary N) is 1. The highest BCUT2D eigenvalue weighted by Gasteiger charge is 2.27. The lowest BCUT2D eigenvalue weighted by atomic mass is 9.85. The molecule has 2 aromatic heterocycles. The number of benzene rings is 1. The summed E-state index contributed by atoms with van der Waals surface area (Å²) >= 11 is 0. The Balaban J connectivity index is 1.16. The SMILES string of the molecule is COc1ccc2nccc(NC(=O)[C@H]3CC[C@H](NCc4cc(N)c5c(c4)NC(=O)CO5)CC3)c2n1. The van der Waals surface area contributed by atoms with Crippen molar-refractivity contribution < 1.29 is 19.1 Å². The topological polar surface area (TPSA) is 140 Å². The van der Waals surface area contributed by atoms with E-state index in [0.717, 1.165) is 31.2 Å². The maximum absolute atomic E-state index is 13.0. The number of nitrogens with zero attached hydrogens (tertiary/aromatic N) is 2. The number of nitrogens with one attached hydrogen (secondary N) is 3. The molecule has 182 valence electrons. The molecule has 10 heteroatoms. The number of ether oxygens (including phenoxy) is 2. The Morgan fingerprint density at radius 3 is 2.86 bits per heavy atom. The van der Waals surface area contributed by atoms with Crippen LogP contribution in [0.15, 0.2) is 36.5 Å². The summed E-state index contributed by atoms with van der Waals surface area (Å²) in [7, 11) is 1.56. The van der Waals surface area contributed by atoms with E-state index in [1.54, 1.807) is 25.4 Å². The minimum atomic E-state index is -0.187. The number of aromatic nitrogens is 2. The second-order valence-corrected chi connectivity index (χ2v) is 8.90. The number of carbonyl (C=O) groups is 2. The second kappa shape index (κ2) is 9.75. The summed E-state index contributed by atoms with van der Waals surface area (Å²) in [6.45, 7) is 0.596. The summed E-state index contributed by atoms with van der Waals surface area (Å²) < 4.78 is 10.6. The van der Waals surface area contributed by atoms with Crippen LogP contribution >= 0.6 is 0 Å². The van der Waals surface area contributed by atoms with Crippen molar-refractivity contribution in [2.24, 2.45) is 5.92 Å². The molecule has 1 aliphatic carbocycles. The van der Waals surface area contributed by atoms with Gasteiger partial charge in [0, 0.05) is 30.8 Å². The summed E-state index contributed by atoms with van der Waals surface area (Å²) in [5, 5.41) is 9.40. The molecule has 0 spiro atoms. The first-order valence-electron chi connectivity index (χ1n) is 11.7. The van der Waals surface area contributed by atoms with E-state index in [1.807, 2.05) is 18.2 Å². The van der Waals surface area contributed by atoms with Crippen molar-refractivity contribution in [3.63, 3.8) is 0 Å². The van der Waals surface area contributed by atoms with E-state index in [1.165, 1.54) is 0 Å². The van der Waals surface area contributed by atoms with Crippen molar-refractivity contribution in [2.45, 2.75) is 38.3 Å². The Morgan fingerprint density at radius 2 is 2.06 bits per heavy atom. The van der Waals surface area contributed by atoms with Crippen molar-refractivity contribution in [3.05, 3.63) is 42.1 Å². The number of fused-ring (bicyclic) bond motifs is 2. The quantitative estimate of drug-likeness (QED) is 0.398. The van der Waals surface area contributed by atoms with Gasteiger partial charge in [-0.2, -0.15) is 0 Å². The van der Waals surface area contributed by atoms with Crippen LogP contribution in [0.5, 0.6) is 11.6 Å². The Hall–Kier alpha value is -3.92. The molecule has 1 saturated carbocycles. The average molecular weight is 477 g/mol. The van der Waals surface area contributed by atoms with Crippen molar-refractivity contribution in [2.75, 3.05) is 30.1 Å². The Morgan fingerprint density at radius 1 is 1.23 bits per heavy atom. The smallest absolute Gasteiger partial charge is 0.262 e. The highest BCUT2D eigenvalue weighted by Crippen LogP contribution is 2.35. The normalized spacial score (nSPS) is 19.4. The van der Waals surface area contributed by atoms with Gasteiger partial charge in [0.15, 0.2) is 12.4 Å². The fourth-order valence-corrected chi connectivity index (χ4v) is 4.67. The second-order valence-electron chi connectivity index (χ2n) is 8.90. The summed E-state index contributed by atoms with van der Waals surface area (Å²) in [5.41, 5.74) is 10.1. The molecular weight excluding hydrogens is 448 g/mol. The highest BCUT2D eigenvalue weighted by molar-refractivity contribution is 6.00. The fourth-order valence-electron chi connectivity index (χ4n) is 4.67. The first-order chi connectivity index (χ1) is 17.0. The predicted octanol–water partition coefficient (Wildman–Crippen LogP) is 2.84. The van der Waals surface area contributed by atoms with Gasteiger partial charge in [-0.1, -0.05) is 0 Å². The molecule has 10 nitrogen and oxygen atoms in total. The van der Waals surface area contributed by atoms with E-state index >= 15 is 0 Å². The van der Waals surface area contributed by atoms with Gasteiger partial charge in [-0.25, -0.2) is 4.98 Å². The average Bonchev–Trinajstić information content (AvgIpc) is 2.87. The molecular formula is C25H28N6O4. The molecule has 2 amide bonds. The van der Waals surface area contributed by atoms with Gasteiger partial charge in [0.2, 0.25) is 11.8 Å². The number of nitrogen functional groups attached to an aromatic ring is 1. The molecule has 1 aliphatic heterocycles. The lowest BCUT2D eigenvalue weighted by Crippen LogP contribution is -2.36. The van der Waals surface area contributed by atoms with Gasteiger partial charge >= 0.3 is 0 Å². The van der Waals surface area contributed by atoms with Gasteiger partial charge in [-0.15, -0.1) is 0 Å². The van der Waals surface area contributed by atoms with E-state index in [0.29, 0.717) is 52.3 Å². The third-order valence-electron chi connectivity index (χ3n) is 6.52. The van der Waals surface area contributed by atoms with Crippen LogP contribution in [0, 0.1) is 5.92 Å². The van der Waals surface area contributed by atoms with E-state index in [-0.39, 0.29) is 24.3 Å². The summed E-state index contributed by atoms with van der Waals surface area (Å²) in [4.78, 5) is 33.3. The van der Waals surface area contributed by atoms with Crippen LogP contribution in [0.2, 0.25) is 0 Å². The van der Waals surface area contributed by atoms with Crippen LogP contribution < -0.4 is 31.2 Å². The van der Waals surface area contributed by atoms with Crippen LogP contribution in [-0.4, -0.2) is 41.5 Å². The van der Waals surface area contributed by atoms with Gasteiger partial charge in [-0.05, 0) is 55.5 Å². The first kappa shape index (κ1) is 22.9. The van der Waals surface area contributed by atoms with Gasteiger partial charge < -0.3 is 31.2 Å². The standard InChI is InChI=1S/C25H28N6O4/c1-34-22-7-6-18-23(31-22)19(8-9-27-18)30-25(33)15-2-4-16(5-3-15)28-12-14-10-17(26)24-20(11-14)29-21(32)13-35-24/h6-11,15-16,28H,2-5,12-13,26H2,1H3,(H,29,32)(H,27,30,33)/t15-,16-. The van der Waals surface area contributed by atoms with Crippen molar-refractivity contribution in [1.82, 2.24) is 15.3 Å². The summed E-state index contributed by atoms with van der Waals surface area (Å²) in [5.74, 6) is 0.749. The molecule has 3 aromatic rings. The maximum Gasteiger partial charge on any atom is 0.262 e. The van der Waals surface area contributed by atoms with Crippen molar-refractivity contribution >= 4 is 39.9 Å². The van der Waals surface area contributed by atoms with Gasteiger partial charge in [0.25, 0.3) is 5.91 Å². The van der Waals surface area contributed by atoms with Crippen molar-refractivity contribution in [3.8, 4) is 11.6 Å².